The fourth-order valence-corrected chi connectivity index (χ4v) is 2.23. The first kappa shape index (κ1) is 12.1. The summed E-state index contributed by atoms with van der Waals surface area (Å²) in [5.41, 5.74) is 2.24. The second kappa shape index (κ2) is 5.36. The summed E-state index contributed by atoms with van der Waals surface area (Å²) >= 11 is 0. The Morgan fingerprint density at radius 3 is 2.79 bits per heavy atom. The Morgan fingerprint density at radius 1 is 1.26 bits per heavy atom. The Morgan fingerprint density at radius 2 is 2.11 bits per heavy atom. The molecule has 4 nitrogen and oxygen atoms in total. The summed E-state index contributed by atoms with van der Waals surface area (Å²) in [4.78, 5) is 8.74. The van der Waals surface area contributed by atoms with Crippen LogP contribution >= 0.6 is 0 Å². The molecule has 2 aromatic rings. The highest BCUT2D eigenvalue weighted by atomic mass is 16.5. The molecule has 4 heteroatoms. The van der Waals surface area contributed by atoms with E-state index in [1.807, 2.05) is 12.1 Å². The van der Waals surface area contributed by atoms with Crippen molar-refractivity contribution < 1.29 is 4.74 Å². The molecule has 0 saturated carbocycles. The summed E-state index contributed by atoms with van der Waals surface area (Å²) in [6.45, 7) is 3.08. The Kier molecular flexibility index (Phi) is 3.42. The predicted octanol–water partition coefficient (Wildman–Crippen LogP) is 2.54. The summed E-state index contributed by atoms with van der Waals surface area (Å²) in [7, 11) is 0. The molecular formula is C15H17N3O. The number of hydrogen-bond donors (Lipinski definition) is 1. The van der Waals surface area contributed by atoms with Gasteiger partial charge in [0.2, 0.25) is 0 Å². The van der Waals surface area contributed by atoms with Crippen molar-refractivity contribution in [1.29, 1.82) is 0 Å². The van der Waals surface area contributed by atoms with Crippen molar-refractivity contribution >= 4 is 0 Å². The van der Waals surface area contributed by atoms with Crippen LogP contribution in [0.15, 0.2) is 36.7 Å². The third-order valence-electron chi connectivity index (χ3n) is 3.20. The van der Waals surface area contributed by atoms with Gasteiger partial charge >= 0.3 is 0 Å². The number of nitrogens with zero attached hydrogens (tertiary/aromatic N) is 2. The van der Waals surface area contributed by atoms with Gasteiger partial charge in [0.1, 0.15) is 6.23 Å². The minimum atomic E-state index is 0.105. The van der Waals surface area contributed by atoms with Crippen LogP contribution in [0.3, 0.4) is 0 Å². The Balaban J connectivity index is 1.74. The number of aryl methyl sites for hydroxylation is 1. The van der Waals surface area contributed by atoms with Crippen LogP contribution in [0.5, 0.6) is 5.75 Å². The standard InChI is InChI=1S/C15H17N3O/c1-11-4-2-5-12(8-11)15-17-9-13(10-18-15)19-14-6-3-7-16-14/h2,4-5,8-10,14,16H,3,6-7H2,1H3. The highest BCUT2D eigenvalue weighted by molar-refractivity contribution is 5.55. The fraction of sp³-hybridized carbons (Fsp3) is 0.333. The Labute approximate surface area is 112 Å². The van der Waals surface area contributed by atoms with E-state index < -0.39 is 0 Å². The summed E-state index contributed by atoms with van der Waals surface area (Å²) in [6, 6.07) is 8.17. The number of hydrogen-bond acceptors (Lipinski definition) is 4. The zero-order valence-corrected chi connectivity index (χ0v) is 11.0. The molecule has 1 unspecified atom stereocenters. The highest BCUT2D eigenvalue weighted by Gasteiger charge is 2.15. The van der Waals surface area contributed by atoms with Gasteiger partial charge in [-0.25, -0.2) is 9.97 Å². The van der Waals surface area contributed by atoms with Gasteiger partial charge in [0, 0.05) is 5.56 Å². The molecule has 1 aromatic carbocycles. The normalized spacial score (nSPS) is 18.5. The second-order valence-corrected chi connectivity index (χ2v) is 4.81. The van der Waals surface area contributed by atoms with Gasteiger partial charge in [-0.1, -0.05) is 23.8 Å². The van der Waals surface area contributed by atoms with Crippen LogP contribution in [-0.4, -0.2) is 22.7 Å². The molecule has 2 heterocycles. The van der Waals surface area contributed by atoms with Gasteiger partial charge in [-0.15, -0.1) is 0 Å². The molecule has 1 aromatic heterocycles. The lowest BCUT2D eigenvalue weighted by Gasteiger charge is -2.12. The molecule has 1 saturated heterocycles. The molecular weight excluding hydrogens is 238 g/mol. The molecule has 3 rings (SSSR count). The molecule has 19 heavy (non-hydrogen) atoms. The lowest BCUT2D eigenvalue weighted by molar-refractivity contribution is 0.186. The highest BCUT2D eigenvalue weighted by Crippen LogP contribution is 2.19. The summed E-state index contributed by atoms with van der Waals surface area (Å²) in [5, 5.41) is 3.28. The van der Waals surface area contributed by atoms with Gasteiger partial charge in [0.15, 0.2) is 11.6 Å². The van der Waals surface area contributed by atoms with Crippen molar-refractivity contribution in [2.75, 3.05) is 6.54 Å². The van der Waals surface area contributed by atoms with Gasteiger partial charge in [0.05, 0.1) is 12.4 Å². The van der Waals surface area contributed by atoms with Gasteiger partial charge < -0.3 is 4.74 Å². The average Bonchev–Trinajstić information content (AvgIpc) is 2.92. The maximum Gasteiger partial charge on any atom is 0.159 e. The molecule has 0 bridgehead atoms. The molecule has 1 N–H and O–H groups in total. The van der Waals surface area contributed by atoms with Gasteiger partial charge in [-0.05, 0) is 32.4 Å². The number of nitrogens with one attached hydrogen (secondary N) is 1. The van der Waals surface area contributed by atoms with Gasteiger partial charge in [-0.3, -0.25) is 5.32 Å². The summed E-state index contributed by atoms with van der Waals surface area (Å²) in [5.74, 6) is 1.45. The minimum Gasteiger partial charge on any atom is -0.472 e. The van der Waals surface area contributed by atoms with E-state index in [9.17, 15) is 0 Å². The molecule has 98 valence electrons. The molecule has 1 aliphatic rings. The first-order valence-electron chi connectivity index (χ1n) is 6.60. The van der Waals surface area contributed by atoms with Crippen molar-refractivity contribution in [1.82, 2.24) is 15.3 Å². The fourth-order valence-electron chi connectivity index (χ4n) is 2.23. The zero-order valence-electron chi connectivity index (χ0n) is 11.0. The van der Waals surface area contributed by atoms with Crippen molar-refractivity contribution in [2.24, 2.45) is 0 Å². The van der Waals surface area contributed by atoms with Crippen molar-refractivity contribution in [2.45, 2.75) is 26.0 Å². The van der Waals surface area contributed by atoms with Crippen molar-refractivity contribution in [3.05, 3.63) is 42.2 Å². The minimum absolute atomic E-state index is 0.105. The molecule has 1 atom stereocenters. The van der Waals surface area contributed by atoms with Gasteiger partial charge in [0.25, 0.3) is 0 Å². The van der Waals surface area contributed by atoms with Crippen molar-refractivity contribution in [3.63, 3.8) is 0 Å². The molecule has 1 aliphatic heterocycles. The largest absolute Gasteiger partial charge is 0.472 e. The van der Waals surface area contributed by atoms with Crippen LogP contribution in [0, 0.1) is 6.92 Å². The predicted molar refractivity (Wildman–Crippen MR) is 73.9 cm³/mol. The second-order valence-electron chi connectivity index (χ2n) is 4.81. The molecule has 1 fully saturated rings. The Bertz CT molecular complexity index is 548. The molecule has 0 amide bonds. The monoisotopic (exact) mass is 255 g/mol. The maximum absolute atomic E-state index is 5.75. The van der Waals surface area contributed by atoms with E-state index in [0.29, 0.717) is 0 Å². The van der Waals surface area contributed by atoms with Crippen LogP contribution in [0.4, 0.5) is 0 Å². The number of benzene rings is 1. The third-order valence-corrected chi connectivity index (χ3v) is 3.20. The van der Waals surface area contributed by atoms with E-state index in [2.05, 4.69) is 34.3 Å². The topological polar surface area (TPSA) is 47.0 Å². The van der Waals surface area contributed by atoms with Crippen LogP contribution in [-0.2, 0) is 0 Å². The zero-order chi connectivity index (χ0) is 13.1. The van der Waals surface area contributed by atoms with E-state index >= 15 is 0 Å². The molecule has 0 spiro atoms. The average molecular weight is 255 g/mol. The van der Waals surface area contributed by atoms with Crippen LogP contribution in [0.1, 0.15) is 18.4 Å². The molecule has 0 aliphatic carbocycles. The van der Waals surface area contributed by atoms with E-state index in [4.69, 9.17) is 4.74 Å². The maximum atomic E-state index is 5.75. The number of rotatable bonds is 3. The van der Waals surface area contributed by atoms with Crippen molar-refractivity contribution in [3.8, 4) is 17.1 Å². The number of aromatic nitrogens is 2. The van der Waals surface area contributed by atoms with Crippen LogP contribution < -0.4 is 10.1 Å². The third kappa shape index (κ3) is 2.90. The Hall–Kier alpha value is -1.94. The first-order valence-corrected chi connectivity index (χ1v) is 6.60. The smallest absolute Gasteiger partial charge is 0.159 e. The summed E-state index contributed by atoms with van der Waals surface area (Å²) < 4.78 is 5.75. The van der Waals surface area contributed by atoms with Crippen LogP contribution in [0.2, 0.25) is 0 Å². The van der Waals surface area contributed by atoms with E-state index in [1.54, 1.807) is 12.4 Å². The molecule has 0 radical (unpaired) electrons. The van der Waals surface area contributed by atoms with Gasteiger partial charge in [-0.2, -0.15) is 0 Å². The lowest BCUT2D eigenvalue weighted by Crippen LogP contribution is -2.27. The lowest BCUT2D eigenvalue weighted by atomic mass is 10.1. The first-order chi connectivity index (χ1) is 9.31. The van der Waals surface area contributed by atoms with Crippen LogP contribution in [0.25, 0.3) is 11.4 Å². The van der Waals surface area contributed by atoms with E-state index in [0.717, 1.165) is 36.5 Å². The number of ether oxygens (including phenoxy) is 1. The SMILES string of the molecule is Cc1cccc(-c2ncc(OC3CCCN3)cn2)c1. The van der Waals surface area contributed by atoms with E-state index in [1.165, 1.54) is 5.56 Å². The quantitative estimate of drug-likeness (QED) is 0.915. The van der Waals surface area contributed by atoms with E-state index in [-0.39, 0.29) is 6.23 Å². The summed E-state index contributed by atoms with van der Waals surface area (Å²) in [6.07, 6.45) is 5.79.